The first-order valence-corrected chi connectivity index (χ1v) is 7.44. The minimum atomic E-state index is 0.241. The summed E-state index contributed by atoms with van der Waals surface area (Å²) >= 11 is 0. The largest absolute Gasteiger partial charge is 0.490 e. The zero-order valence-electron chi connectivity index (χ0n) is 11.7. The predicted molar refractivity (Wildman–Crippen MR) is 76.7 cm³/mol. The van der Waals surface area contributed by atoms with Crippen LogP contribution < -0.4 is 16.0 Å². The van der Waals surface area contributed by atoms with E-state index in [-0.39, 0.29) is 11.5 Å². The minimum Gasteiger partial charge on any atom is -0.490 e. The molecule has 1 unspecified atom stereocenters. The first-order valence-electron chi connectivity index (χ1n) is 7.44. The fraction of sp³-hybridized carbons (Fsp3) is 0.625. The smallest absolute Gasteiger partial charge is 0.119 e. The lowest BCUT2D eigenvalue weighted by Gasteiger charge is -2.34. The molecule has 0 aliphatic heterocycles. The molecule has 0 aromatic heterocycles. The summed E-state index contributed by atoms with van der Waals surface area (Å²) in [5.74, 6) is 6.80. The van der Waals surface area contributed by atoms with Crippen LogP contribution in [0.1, 0.15) is 57.1 Å². The molecule has 1 aromatic rings. The molecular weight excluding hydrogens is 236 g/mol. The Kier molecular flexibility index (Phi) is 3.50. The van der Waals surface area contributed by atoms with Gasteiger partial charge in [0, 0.05) is 0 Å². The Bertz CT molecular complexity index is 419. The zero-order valence-corrected chi connectivity index (χ0v) is 11.7. The monoisotopic (exact) mass is 260 g/mol. The first-order chi connectivity index (χ1) is 9.21. The van der Waals surface area contributed by atoms with Crippen molar-refractivity contribution >= 4 is 0 Å². The summed E-state index contributed by atoms with van der Waals surface area (Å²) in [7, 11) is 0. The Morgan fingerprint density at radius 2 is 1.84 bits per heavy atom. The molecule has 104 valence electrons. The summed E-state index contributed by atoms with van der Waals surface area (Å²) in [5, 5.41) is 0. The van der Waals surface area contributed by atoms with Crippen LogP contribution in [-0.4, -0.2) is 6.10 Å². The lowest BCUT2D eigenvalue weighted by Crippen LogP contribution is -2.38. The van der Waals surface area contributed by atoms with Crippen LogP contribution in [0.3, 0.4) is 0 Å². The van der Waals surface area contributed by atoms with Gasteiger partial charge in [-0.15, -0.1) is 0 Å². The fourth-order valence-corrected chi connectivity index (χ4v) is 3.29. The maximum Gasteiger partial charge on any atom is 0.119 e. The Balaban J connectivity index is 1.74. The molecule has 3 N–H and O–H groups in total. The standard InChI is InChI=1S/C16H24N2O/c1-16(10-2-3-11-16)15(18-17)12-4-6-13(7-5-12)19-14-8-9-14/h4-7,14-15,18H,2-3,8-11,17H2,1H3. The summed E-state index contributed by atoms with van der Waals surface area (Å²) in [6.07, 6.45) is 8.00. The van der Waals surface area contributed by atoms with E-state index in [1.165, 1.54) is 44.1 Å². The second kappa shape index (κ2) is 5.14. The summed E-state index contributed by atoms with van der Waals surface area (Å²) in [4.78, 5) is 0. The maximum atomic E-state index is 5.82. The molecular formula is C16H24N2O. The summed E-state index contributed by atoms with van der Waals surface area (Å²) in [6.45, 7) is 2.35. The van der Waals surface area contributed by atoms with Gasteiger partial charge in [-0.1, -0.05) is 31.9 Å². The van der Waals surface area contributed by atoms with Crippen LogP contribution in [0.4, 0.5) is 0 Å². The first kappa shape index (κ1) is 12.9. The highest BCUT2D eigenvalue weighted by Gasteiger charge is 2.37. The van der Waals surface area contributed by atoms with E-state index in [9.17, 15) is 0 Å². The minimum absolute atomic E-state index is 0.241. The molecule has 3 nitrogen and oxygen atoms in total. The number of ether oxygens (including phenoxy) is 1. The van der Waals surface area contributed by atoms with Crippen molar-refractivity contribution in [3.05, 3.63) is 29.8 Å². The Morgan fingerprint density at radius 3 is 2.37 bits per heavy atom. The Morgan fingerprint density at radius 1 is 1.21 bits per heavy atom. The average Bonchev–Trinajstić information content (AvgIpc) is 3.12. The molecule has 1 aromatic carbocycles. The number of hydrogen-bond acceptors (Lipinski definition) is 3. The lowest BCUT2D eigenvalue weighted by atomic mass is 9.77. The summed E-state index contributed by atoms with van der Waals surface area (Å²) in [5.41, 5.74) is 4.59. The van der Waals surface area contributed by atoms with Crippen molar-refractivity contribution in [2.45, 2.75) is 57.6 Å². The van der Waals surface area contributed by atoms with Gasteiger partial charge in [0.05, 0.1) is 12.1 Å². The number of benzene rings is 1. The molecule has 3 heteroatoms. The molecule has 2 fully saturated rings. The molecule has 3 rings (SSSR count). The van der Waals surface area contributed by atoms with Gasteiger partial charge < -0.3 is 4.74 Å². The van der Waals surface area contributed by atoms with Crippen LogP contribution in [-0.2, 0) is 0 Å². The van der Waals surface area contributed by atoms with E-state index in [0.717, 1.165) is 5.75 Å². The van der Waals surface area contributed by atoms with E-state index in [2.05, 4.69) is 36.6 Å². The molecule has 1 atom stereocenters. The maximum absolute atomic E-state index is 5.82. The number of nitrogens with one attached hydrogen (secondary N) is 1. The normalized spacial score (nSPS) is 23.3. The van der Waals surface area contributed by atoms with E-state index >= 15 is 0 Å². The molecule has 2 aliphatic carbocycles. The molecule has 2 aliphatic rings. The van der Waals surface area contributed by atoms with Crippen molar-refractivity contribution in [2.75, 3.05) is 0 Å². The zero-order chi connectivity index (χ0) is 13.3. The lowest BCUT2D eigenvalue weighted by molar-refractivity contribution is 0.224. The number of rotatable bonds is 5. The highest BCUT2D eigenvalue weighted by atomic mass is 16.5. The van der Waals surface area contributed by atoms with Gasteiger partial charge in [-0.05, 0) is 48.8 Å². The molecule has 0 radical (unpaired) electrons. The van der Waals surface area contributed by atoms with Gasteiger partial charge in [0.15, 0.2) is 0 Å². The van der Waals surface area contributed by atoms with E-state index in [0.29, 0.717) is 6.10 Å². The van der Waals surface area contributed by atoms with Crippen molar-refractivity contribution in [3.8, 4) is 5.75 Å². The van der Waals surface area contributed by atoms with Gasteiger partial charge in [-0.2, -0.15) is 0 Å². The van der Waals surface area contributed by atoms with Crippen LogP contribution in [0.25, 0.3) is 0 Å². The van der Waals surface area contributed by atoms with Crippen LogP contribution in [0.5, 0.6) is 5.75 Å². The van der Waals surface area contributed by atoms with Gasteiger partial charge in [0.25, 0.3) is 0 Å². The Labute approximate surface area is 115 Å². The molecule has 0 bridgehead atoms. The Hall–Kier alpha value is -1.06. The SMILES string of the molecule is CC1(C(NN)c2ccc(OC3CC3)cc2)CCCC1. The van der Waals surface area contributed by atoms with Gasteiger partial charge in [0.1, 0.15) is 5.75 Å². The van der Waals surface area contributed by atoms with Gasteiger partial charge in [-0.3, -0.25) is 11.3 Å². The topological polar surface area (TPSA) is 47.3 Å². The van der Waals surface area contributed by atoms with Crippen molar-refractivity contribution in [1.29, 1.82) is 0 Å². The van der Waals surface area contributed by atoms with Gasteiger partial charge >= 0.3 is 0 Å². The third kappa shape index (κ3) is 2.77. The van der Waals surface area contributed by atoms with Gasteiger partial charge in [-0.25, -0.2) is 0 Å². The second-order valence-electron chi connectivity index (χ2n) is 6.35. The van der Waals surface area contributed by atoms with Crippen LogP contribution in [0.15, 0.2) is 24.3 Å². The van der Waals surface area contributed by atoms with E-state index < -0.39 is 0 Å². The quantitative estimate of drug-likeness (QED) is 0.630. The molecule has 2 saturated carbocycles. The average molecular weight is 260 g/mol. The fourth-order valence-electron chi connectivity index (χ4n) is 3.29. The molecule has 0 heterocycles. The molecule has 0 spiro atoms. The third-order valence-electron chi connectivity index (χ3n) is 4.65. The van der Waals surface area contributed by atoms with Crippen LogP contribution >= 0.6 is 0 Å². The van der Waals surface area contributed by atoms with Gasteiger partial charge in [0.2, 0.25) is 0 Å². The molecule has 0 saturated heterocycles. The van der Waals surface area contributed by atoms with Crippen LogP contribution in [0.2, 0.25) is 0 Å². The molecule has 0 amide bonds. The molecule has 19 heavy (non-hydrogen) atoms. The third-order valence-corrected chi connectivity index (χ3v) is 4.65. The number of nitrogens with two attached hydrogens (primary N) is 1. The van der Waals surface area contributed by atoms with E-state index in [1.807, 2.05) is 0 Å². The van der Waals surface area contributed by atoms with Crippen LogP contribution in [0, 0.1) is 5.41 Å². The second-order valence-corrected chi connectivity index (χ2v) is 6.35. The van der Waals surface area contributed by atoms with Crippen molar-refractivity contribution in [3.63, 3.8) is 0 Å². The van der Waals surface area contributed by atoms with E-state index in [1.54, 1.807) is 0 Å². The highest BCUT2D eigenvalue weighted by Crippen LogP contribution is 2.47. The highest BCUT2D eigenvalue weighted by molar-refractivity contribution is 5.30. The van der Waals surface area contributed by atoms with Crippen molar-refractivity contribution in [1.82, 2.24) is 5.43 Å². The summed E-state index contributed by atoms with van der Waals surface area (Å²) in [6, 6.07) is 8.72. The predicted octanol–water partition coefficient (Wildman–Crippen LogP) is 3.31. The van der Waals surface area contributed by atoms with Crippen molar-refractivity contribution in [2.24, 2.45) is 11.3 Å². The number of hydrazine groups is 1. The van der Waals surface area contributed by atoms with E-state index in [4.69, 9.17) is 10.6 Å². The number of hydrogen-bond donors (Lipinski definition) is 2. The van der Waals surface area contributed by atoms with Crippen molar-refractivity contribution < 1.29 is 4.74 Å². The summed E-state index contributed by atoms with van der Waals surface area (Å²) < 4.78 is 5.79.